The van der Waals surface area contributed by atoms with Gasteiger partial charge in [-0.15, -0.1) is 0 Å². The standard InChI is InChI=1S/C11H10BrN3/c12-10-6-9(7-13)14-11(15-10)8-4-2-1-3-5-8/h1-6H,7,13H2. The number of hydrogen-bond donors (Lipinski definition) is 1. The van der Waals surface area contributed by atoms with Crippen molar-refractivity contribution in [1.82, 2.24) is 9.97 Å². The zero-order valence-corrected chi connectivity index (χ0v) is 9.61. The van der Waals surface area contributed by atoms with Crippen LogP contribution in [0.3, 0.4) is 0 Å². The fraction of sp³-hybridized carbons (Fsp3) is 0.0909. The van der Waals surface area contributed by atoms with E-state index in [4.69, 9.17) is 5.73 Å². The van der Waals surface area contributed by atoms with E-state index in [0.717, 1.165) is 15.9 Å². The van der Waals surface area contributed by atoms with Crippen LogP contribution < -0.4 is 5.73 Å². The van der Waals surface area contributed by atoms with E-state index in [1.54, 1.807) is 0 Å². The molecule has 3 nitrogen and oxygen atoms in total. The summed E-state index contributed by atoms with van der Waals surface area (Å²) in [7, 11) is 0. The summed E-state index contributed by atoms with van der Waals surface area (Å²) in [4.78, 5) is 8.66. The van der Waals surface area contributed by atoms with Crippen LogP contribution in [0.2, 0.25) is 0 Å². The summed E-state index contributed by atoms with van der Waals surface area (Å²) in [5.74, 6) is 0.699. The molecule has 1 heterocycles. The van der Waals surface area contributed by atoms with E-state index in [1.807, 2.05) is 36.4 Å². The van der Waals surface area contributed by atoms with Gasteiger partial charge in [0, 0.05) is 12.1 Å². The third-order valence-corrected chi connectivity index (χ3v) is 2.40. The fourth-order valence-electron chi connectivity index (χ4n) is 1.29. The van der Waals surface area contributed by atoms with Gasteiger partial charge in [-0.2, -0.15) is 0 Å². The third-order valence-electron chi connectivity index (χ3n) is 1.99. The topological polar surface area (TPSA) is 51.8 Å². The maximum atomic E-state index is 5.55. The Balaban J connectivity index is 2.49. The van der Waals surface area contributed by atoms with Gasteiger partial charge in [0.1, 0.15) is 4.60 Å². The van der Waals surface area contributed by atoms with Crippen LogP contribution in [0.15, 0.2) is 41.0 Å². The van der Waals surface area contributed by atoms with Crippen LogP contribution in [0.1, 0.15) is 5.69 Å². The quantitative estimate of drug-likeness (QED) is 0.847. The van der Waals surface area contributed by atoms with Crippen LogP contribution in [0, 0.1) is 0 Å². The Labute approximate surface area is 96.5 Å². The zero-order chi connectivity index (χ0) is 10.7. The van der Waals surface area contributed by atoms with Gasteiger partial charge < -0.3 is 5.73 Å². The Morgan fingerprint density at radius 2 is 1.87 bits per heavy atom. The van der Waals surface area contributed by atoms with Gasteiger partial charge in [0.15, 0.2) is 5.82 Å². The van der Waals surface area contributed by atoms with Crippen LogP contribution in [0.5, 0.6) is 0 Å². The van der Waals surface area contributed by atoms with Crippen LogP contribution in [0.25, 0.3) is 11.4 Å². The summed E-state index contributed by atoms with van der Waals surface area (Å²) >= 11 is 3.34. The van der Waals surface area contributed by atoms with Crippen LogP contribution in [-0.2, 0) is 6.54 Å². The van der Waals surface area contributed by atoms with Gasteiger partial charge in [0.25, 0.3) is 0 Å². The highest BCUT2D eigenvalue weighted by molar-refractivity contribution is 9.10. The third kappa shape index (κ3) is 2.40. The first-order chi connectivity index (χ1) is 7.29. The average molecular weight is 264 g/mol. The Bertz CT molecular complexity index is 457. The van der Waals surface area contributed by atoms with Gasteiger partial charge in [0.05, 0.1) is 5.69 Å². The van der Waals surface area contributed by atoms with E-state index in [-0.39, 0.29) is 0 Å². The second-order valence-corrected chi connectivity index (χ2v) is 3.89. The smallest absolute Gasteiger partial charge is 0.160 e. The van der Waals surface area contributed by atoms with Crippen molar-refractivity contribution >= 4 is 15.9 Å². The summed E-state index contributed by atoms with van der Waals surface area (Å²) in [5.41, 5.74) is 7.38. The van der Waals surface area contributed by atoms with Gasteiger partial charge in [-0.25, -0.2) is 9.97 Å². The van der Waals surface area contributed by atoms with Crippen molar-refractivity contribution < 1.29 is 0 Å². The summed E-state index contributed by atoms with van der Waals surface area (Å²) in [6.07, 6.45) is 0. The van der Waals surface area contributed by atoms with Gasteiger partial charge in [-0.3, -0.25) is 0 Å². The molecule has 0 saturated carbocycles. The molecule has 0 radical (unpaired) electrons. The molecule has 0 aliphatic rings. The highest BCUT2D eigenvalue weighted by atomic mass is 79.9. The number of aromatic nitrogens is 2. The fourth-order valence-corrected chi connectivity index (χ4v) is 1.72. The van der Waals surface area contributed by atoms with Crippen molar-refractivity contribution in [3.63, 3.8) is 0 Å². The molecule has 0 amide bonds. The average Bonchev–Trinajstić information content (AvgIpc) is 2.29. The van der Waals surface area contributed by atoms with Gasteiger partial charge >= 0.3 is 0 Å². The number of halogens is 1. The number of nitrogens with two attached hydrogens (primary N) is 1. The van der Waals surface area contributed by atoms with E-state index >= 15 is 0 Å². The van der Waals surface area contributed by atoms with Gasteiger partial charge in [0.2, 0.25) is 0 Å². The molecule has 1 aromatic heterocycles. The number of nitrogens with zero attached hydrogens (tertiary/aromatic N) is 2. The minimum Gasteiger partial charge on any atom is -0.325 e. The van der Waals surface area contributed by atoms with Crippen LogP contribution >= 0.6 is 15.9 Å². The maximum absolute atomic E-state index is 5.55. The molecule has 76 valence electrons. The lowest BCUT2D eigenvalue weighted by molar-refractivity contribution is 0.961. The molecule has 4 heteroatoms. The normalized spacial score (nSPS) is 10.3. The van der Waals surface area contributed by atoms with E-state index in [0.29, 0.717) is 12.4 Å². The molecule has 0 bridgehead atoms. The molecule has 0 saturated heterocycles. The molecule has 1 aromatic carbocycles. The summed E-state index contributed by atoms with van der Waals surface area (Å²) in [6, 6.07) is 11.7. The predicted octanol–water partition coefficient (Wildman–Crippen LogP) is 2.36. The first-order valence-corrected chi connectivity index (χ1v) is 5.38. The van der Waals surface area contributed by atoms with Crippen molar-refractivity contribution in [2.24, 2.45) is 5.73 Å². The molecule has 2 rings (SSSR count). The summed E-state index contributed by atoms with van der Waals surface area (Å²) in [5, 5.41) is 0. The largest absolute Gasteiger partial charge is 0.325 e. The Morgan fingerprint density at radius 1 is 1.13 bits per heavy atom. The maximum Gasteiger partial charge on any atom is 0.160 e. The van der Waals surface area contributed by atoms with Crippen molar-refractivity contribution in [2.45, 2.75) is 6.54 Å². The lowest BCUT2D eigenvalue weighted by Gasteiger charge is -2.03. The number of hydrogen-bond acceptors (Lipinski definition) is 3. The number of rotatable bonds is 2. The molecule has 2 N–H and O–H groups in total. The summed E-state index contributed by atoms with van der Waals surface area (Å²) < 4.78 is 0.761. The second-order valence-electron chi connectivity index (χ2n) is 3.08. The van der Waals surface area contributed by atoms with Crippen molar-refractivity contribution in [3.05, 3.63) is 46.7 Å². The Hall–Kier alpha value is -1.26. The van der Waals surface area contributed by atoms with Crippen molar-refractivity contribution in [3.8, 4) is 11.4 Å². The lowest BCUT2D eigenvalue weighted by atomic mass is 10.2. The first kappa shape index (κ1) is 10.3. The van der Waals surface area contributed by atoms with E-state index < -0.39 is 0 Å². The molecule has 0 unspecified atom stereocenters. The molecule has 0 spiro atoms. The minimum absolute atomic E-state index is 0.418. The Morgan fingerprint density at radius 3 is 2.53 bits per heavy atom. The van der Waals surface area contributed by atoms with Crippen molar-refractivity contribution in [1.29, 1.82) is 0 Å². The first-order valence-electron chi connectivity index (χ1n) is 4.58. The SMILES string of the molecule is NCc1cc(Br)nc(-c2ccccc2)n1. The molecular formula is C11H10BrN3. The molecule has 0 aliphatic heterocycles. The second kappa shape index (κ2) is 4.51. The highest BCUT2D eigenvalue weighted by Gasteiger charge is 2.03. The lowest BCUT2D eigenvalue weighted by Crippen LogP contribution is -2.02. The number of benzene rings is 1. The molecule has 15 heavy (non-hydrogen) atoms. The zero-order valence-electron chi connectivity index (χ0n) is 8.02. The monoisotopic (exact) mass is 263 g/mol. The van der Waals surface area contributed by atoms with Crippen LogP contribution in [-0.4, -0.2) is 9.97 Å². The molecule has 0 fully saturated rings. The molecular weight excluding hydrogens is 254 g/mol. The highest BCUT2D eigenvalue weighted by Crippen LogP contribution is 2.17. The van der Waals surface area contributed by atoms with E-state index in [2.05, 4.69) is 25.9 Å². The molecule has 2 aromatic rings. The van der Waals surface area contributed by atoms with Crippen LogP contribution in [0.4, 0.5) is 0 Å². The van der Waals surface area contributed by atoms with Crippen molar-refractivity contribution in [2.75, 3.05) is 0 Å². The summed E-state index contributed by atoms with van der Waals surface area (Å²) in [6.45, 7) is 0.418. The van der Waals surface area contributed by atoms with Gasteiger partial charge in [-0.05, 0) is 22.0 Å². The predicted molar refractivity (Wildman–Crippen MR) is 63.1 cm³/mol. The minimum atomic E-state index is 0.418. The van der Waals surface area contributed by atoms with E-state index in [1.165, 1.54) is 0 Å². The van der Waals surface area contributed by atoms with E-state index in [9.17, 15) is 0 Å². The molecule has 0 atom stereocenters. The van der Waals surface area contributed by atoms with Gasteiger partial charge in [-0.1, -0.05) is 30.3 Å². The molecule has 0 aliphatic carbocycles. The Kier molecular flexibility index (Phi) is 3.08.